The Hall–Kier alpha value is -5.36. The van der Waals surface area contributed by atoms with Gasteiger partial charge in [0.15, 0.2) is 0 Å². The zero-order chi connectivity index (χ0) is 43.1. The summed E-state index contributed by atoms with van der Waals surface area (Å²) in [6.45, 7) is 4.71. The number of nitrogens with one attached hydrogen (secondary N) is 6. The molecule has 6 N–H and O–H groups in total. The average molecular weight is 840 g/mol. The molecule has 2 aliphatic rings. The topological polar surface area (TPSA) is 238 Å². The van der Waals surface area contributed by atoms with Gasteiger partial charge < -0.3 is 36.2 Å². The van der Waals surface area contributed by atoms with Gasteiger partial charge in [0.25, 0.3) is 5.91 Å². The maximum Gasteiger partial charge on any atom is 0.407 e. The van der Waals surface area contributed by atoms with Crippen molar-refractivity contribution in [3.63, 3.8) is 0 Å². The van der Waals surface area contributed by atoms with Crippen LogP contribution in [0.5, 0.6) is 0 Å². The number of likely N-dealkylation sites (N-methyl/N-ethyl adjacent to an activating group) is 1. The molecule has 1 heterocycles. The standard InChI is InChI=1S/C41H57N7O10S/c1-5-15-31(36(50)39(53)43-23-33(49)45-34(38(52)42-4)27-16-9-6-10-17-27)44-37(51)32-22-29(47-59(56,57)30-20-13-8-14-21-30)24-48(32)40(54)35(28-18-11-7-12-19-28)46-41(55)58-25-26(2)3/h6,8-10,13-14,16-17,20-21,26,28-29,31-32,34-35,47H,5,7,11-12,15,18-19,22-25H2,1-4H3,(H,42,52)(H,43,53)(H,44,51)(H,45,49)(H,46,55)/t29-,31+,32?,34+,35+/m1/s1. The van der Waals surface area contributed by atoms with Crippen molar-refractivity contribution in [3.05, 3.63) is 66.2 Å². The van der Waals surface area contributed by atoms with Crippen molar-refractivity contribution in [1.29, 1.82) is 0 Å². The minimum absolute atomic E-state index is 0.0158. The first-order valence-corrected chi connectivity index (χ1v) is 21.6. The van der Waals surface area contributed by atoms with Gasteiger partial charge in [0.2, 0.25) is 39.4 Å². The number of nitrogens with zero attached hydrogens (tertiary/aromatic N) is 1. The van der Waals surface area contributed by atoms with Crippen LogP contribution in [0, 0.1) is 11.8 Å². The van der Waals surface area contributed by atoms with Gasteiger partial charge in [0.05, 0.1) is 24.1 Å². The number of amides is 6. The molecular weight excluding hydrogens is 783 g/mol. The second-order valence-corrected chi connectivity index (χ2v) is 17.0. The molecule has 59 heavy (non-hydrogen) atoms. The Bertz CT molecular complexity index is 1890. The Morgan fingerprint density at radius 2 is 1.51 bits per heavy atom. The number of benzene rings is 2. The maximum absolute atomic E-state index is 14.5. The summed E-state index contributed by atoms with van der Waals surface area (Å²) in [5.74, 6) is -5.12. The molecule has 1 saturated heterocycles. The van der Waals surface area contributed by atoms with Crippen LogP contribution in [0.1, 0.15) is 83.7 Å². The molecule has 1 unspecified atom stereocenters. The second kappa shape index (κ2) is 22.1. The normalized spacial score (nSPS) is 18.5. The van der Waals surface area contributed by atoms with Crippen LogP contribution in [0.25, 0.3) is 0 Å². The molecule has 0 aromatic heterocycles. The fourth-order valence-electron chi connectivity index (χ4n) is 7.27. The Morgan fingerprint density at radius 1 is 0.864 bits per heavy atom. The fourth-order valence-corrected chi connectivity index (χ4v) is 8.53. The van der Waals surface area contributed by atoms with Crippen LogP contribution in [0.2, 0.25) is 0 Å². The maximum atomic E-state index is 14.5. The number of carbonyl (C=O) groups is 7. The summed E-state index contributed by atoms with van der Waals surface area (Å²) in [6.07, 6.45) is 3.29. The van der Waals surface area contributed by atoms with E-state index >= 15 is 0 Å². The Kier molecular flexibility index (Phi) is 17.4. The highest BCUT2D eigenvalue weighted by Gasteiger charge is 2.46. The monoisotopic (exact) mass is 839 g/mol. The summed E-state index contributed by atoms with van der Waals surface area (Å²) in [5, 5.41) is 12.6. The molecule has 4 rings (SSSR count). The van der Waals surface area contributed by atoms with Crippen LogP contribution >= 0.6 is 0 Å². The number of ether oxygens (including phenoxy) is 1. The second-order valence-electron chi connectivity index (χ2n) is 15.3. The number of sulfonamides is 1. The van der Waals surface area contributed by atoms with Gasteiger partial charge >= 0.3 is 6.09 Å². The minimum Gasteiger partial charge on any atom is -0.449 e. The van der Waals surface area contributed by atoms with Crippen molar-refractivity contribution >= 4 is 51.4 Å². The van der Waals surface area contributed by atoms with E-state index in [0.29, 0.717) is 24.8 Å². The molecule has 6 amide bonds. The van der Waals surface area contributed by atoms with Gasteiger partial charge in [-0.05, 0) is 55.2 Å². The van der Waals surface area contributed by atoms with Crippen molar-refractivity contribution in [1.82, 2.24) is 36.2 Å². The third-order valence-corrected chi connectivity index (χ3v) is 11.8. The van der Waals surface area contributed by atoms with Gasteiger partial charge in [-0.2, -0.15) is 0 Å². The molecule has 5 atom stereocenters. The van der Waals surface area contributed by atoms with Gasteiger partial charge in [0, 0.05) is 19.6 Å². The van der Waals surface area contributed by atoms with Crippen molar-refractivity contribution in [3.8, 4) is 0 Å². The number of likely N-dealkylation sites (tertiary alicyclic amines) is 1. The summed E-state index contributed by atoms with van der Waals surface area (Å²) in [5.41, 5.74) is 0.495. The van der Waals surface area contributed by atoms with Gasteiger partial charge in [-0.3, -0.25) is 28.8 Å². The van der Waals surface area contributed by atoms with E-state index in [2.05, 4.69) is 31.3 Å². The Labute approximate surface area is 345 Å². The highest BCUT2D eigenvalue weighted by molar-refractivity contribution is 7.89. The first-order valence-electron chi connectivity index (χ1n) is 20.1. The predicted octanol–water partition coefficient (Wildman–Crippen LogP) is 1.84. The van der Waals surface area contributed by atoms with Crippen LogP contribution in [0.15, 0.2) is 65.6 Å². The van der Waals surface area contributed by atoms with E-state index in [1.54, 1.807) is 55.5 Å². The number of hydrogen-bond acceptors (Lipinski definition) is 10. The van der Waals surface area contributed by atoms with E-state index in [1.807, 2.05) is 13.8 Å². The molecule has 18 heteroatoms. The fraction of sp³-hybridized carbons (Fsp3) is 0.537. The molecule has 17 nitrogen and oxygen atoms in total. The summed E-state index contributed by atoms with van der Waals surface area (Å²) in [4.78, 5) is 94.9. The molecule has 0 spiro atoms. The zero-order valence-corrected chi connectivity index (χ0v) is 34.8. The van der Waals surface area contributed by atoms with E-state index in [4.69, 9.17) is 4.74 Å². The Balaban J connectivity index is 1.53. The van der Waals surface area contributed by atoms with E-state index in [1.165, 1.54) is 24.1 Å². The Morgan fingerprint density at radius 3 is 2.12 bits per heavy atom. The van der Waals surface area contributed by atoms with Crippen LogP contribution in [0.4, 0.5) is 4.79 Å². The summed E-state index contributed by atoms with van der Waals surface area (Å²) < 4.78 is 34.7. The first kappa shape index (κ1) is 46.3. The third kappa shape index (κ3) is 13.3. The number of Topliss-reactive ketones (excluding diaryl/α,β-unsaturated/α-hetero) is 1. The molecule has 2 aromatic rings. The molecule has 0 bridgehead atoms. The average Bonchev–Trinajstić information content (AvgIpc) is 3.66. The van der Waals surface area contributed by atoms with Gasteiger partial charge in [-0.15, -0.1) is 0 Å². The van der Waals surface area contributed by atoms with E-state index in [9.17, 15) is 42.0 Å². The zero-order valence-electron chi connectivity index (χ0n) is 34.0. The third-order valence-electron chi connectivity index (χ3n) is 10.3. The SMILES string of the molecule is CCC[C@H](NC(=O)C1C[C@@H](NS(=O)(=O)c2ccccc2)CN1C(=O)[C@@H](NC(=O)OCC(C)C)C1CCCCC1)C(=O)C(=O)NCC(=O)N[C@H](C(=O)NC)c1ccccc1. The molecule has 2 aromatic carbocycles. The molecule has 0 radical (unpaired) electrons. The lowest BCUT2D eigenvalue weighted by Gasteiger charge is -2.34. The molecular formula is C41H57N7O10S. The van der Waals surface area contributed by atoms with Crippen molar-refractivity contribution in [2.24, 2.45) is 11.8 Å². The molecule has 1 aliphatic heterocycles. The number of ketones is 1. The summed E-state index contributed by atoms with van der Waals surface area (Å²) >= 11 is 0. The van der Waals surface area contributed by atoms with Crippen LogP contribution < -0.4 is 31.3 Å². The number of alkyl carbamates (subject to hydrolysis) is 1. The quantitative estimate of drug-likeness (QED) is 0.112. The lowest BCUT2D eigenvalue weighted by molar-refractivity contribution is -0.143. The molecule has 322 valence electrons. The van der Waals surface area contributed by atoms with E-state index in [-0.39, 0.29) is 42.7 Å². The molecule has 1 saturated carbocycles. The molecule has 1 aliphatic carbocycles. The van der Waals surface area contributed by atoms with Crippen molar-refractivity contribution in [2.75, 3.05) is 26.7 Å². The minimum atomic E-state index is -4.09. The number of rotatable bonds is 19. The first-order chi connectivity index (χ1) is 28.1. The van der Waals surface area contributed by atoms with Gasteiger partial charge in [-0.1, -0.05) is 95.0 Å². The molecule has 2 fully saturated rings. The van der Waals surface area contributed by atoms with Crippen LogP contribution in [0.3, 0.4) is 0 Å². The van der Waals surface area contributed by atoms with Crippen molar-refractivity contribution < 1.29 is 46.7 Å². The van der Waals surface area contributed by atoms with Crippen LogP contribution in [-0.2, 0) is 43.5 Å². The highest BCUT2D eigenvalue weighted by atomic mass is 32.2. The number of carbonyl (C=O) groups excluding carboxylic acids is 7. The number of hydrogen-bond donors (Lipinski definition) is 6. The van der Waals surface area contributed by atoms with E-state index < -0.39 is 88.2 Å². The largest absolute Gasteiger partial charge is 0.449 e. The van der Waals surface area contributed by atoms with Gasteiger partial charge in [0.1, 0.15) is 18.1 Å². The lowest BCUT2D eigenvalue weighted by atomic mass is 9.83. The van der Waals surface area contributed by atoms with Crippen LogP contribution in [-0.4, -0.2) is 106 Å². The summed E-state index contributed by atoms with van der Waals surface area (Å²) in [6, 6.07) is 10.3. The predicted molar refractivity (Wildman–Crippen MR) is 217 cm³/mol. The summed E-state index contributed by atoms with van der Waals surface area (Å²) in [7, 11) is -2.68. The van der Waals surface area contributed by atoms with Gasteiger partial charge in [-0.25, -0.2) is 17.9 Å². The smallest absolute Gasteiger partial charge is 0.407 e. The van der Waals surface area contributed by atoms with E-state index in [0.717, 1.165) is 19.3 Å². The highest BCUT2D eigenvalue weighted by Crippen LogP contribution is 2.30. The van der Waals surface area contributed by atoms with Crippen molar-refractivity contribution in [2.45, 2.75) is 107 Å². The lowest BCUT2D eigenvalue weighted by Crippen LogP contribution is -2.58.